The van der Waals surface area contributed by atoms with Crippen LogP contribution < -0.4 is 0 Å². The van der Waals surface area contributed by atoms with Gasteiger partial charge in [0.2, 0.25) is 0 Å². The summed E-state index contributed by atoms with van der Waals surface area (Å²) >= 11 is 7.53. The van der Waals surface area contributed by atoms with Crippen LogP contribution in [0.4, 0.5) is 0 Å². The average Bonchev–Trinajstić information content (AvgIpc) is 2.30. The van der Waals surface area contributed by atoms with Gasteiger partial charge in [-0.05, 0) is 22.9 Å². The standard InChI is InChI=1S/C6H9BrN2S/c1-2-9-5(7)3-8-6(9)4-10/h3,10H,2,4H2,1H3. The second kappa shape index (κ2) is 3.44. The van der Waals surface area contributed by atoms with Gasteiger partial charge in [0.05, 0.1) is 6.20 Å². The summed E-state index contributed by atoms with van der Waals surface area (Å²) in [4.78, 5) is 4.14. The summed E-state index contributed by atoms with van der Waals surface area (Å²) in [6.07, 6.45) is 1.80. The van der Waals surface area contributed by atoms with E-state index in [1.807, 2.05) is 0 Å². The third-order valence-electron chi connectivity index (χ3n) is 1.35. The van der Waals surface area contributed by atoms with Crippen LogP contribution in [0.5, 0.6) is 0 Å². The Bertz CT molecular complexity index is 222. The minimum atomic E-state index is 0.694. The molecule has 4 heteroatoms. The Morgan fingerprint density at radius 1 is 1.80 bits per heavy atom. The molecule has 1 rings (SSSR count). The van der Waals surface area contributed by atoms with Crippen LogP contribution in [0.2, 0.25) is 0 Å². The summed E-state index contributed by atoms with van der Waals surface area (Å²) in [5.74, 6) is 1.71. The van der Waals surface area contributed by atoms with E-state index in [2.05, 4.69) is 45.0 Å². The van der Waals surface area contributed by atoms with Crippen molar-refractivity contribution < 1.29 is 0 Å². The maximum atomic E-state index is 4.14. The molecule has 0 spiro atoms. The first-order valence-electron chi connectivity index (χ1n) is 3.10. The first-order valence-corrected chi connectivity index (χ1v) is 4.53. The summed E-state index contributed by atoms with van der Waals surface area (Å²) in [7, 11) is 0. The zero-order chi connectivity index (χ0) is 7.56. The molecule has 0 radical (unpaired) electrons. The van der Waals surface area contributed by atoms with Crippen LogP contribution in [0.3, 0.4) is 0 Å². The Hall–Kier alpha value is 0.0400. The lowest BCUT2D eigenvalue weighted by Crippen LogP contribution is -1.99. The molecule has 0 saturated heterocycles. The van der Waals surface area contributed by atoms with Gasteiger partial charge in [0.1, 0.15) is 10.4 Å². The molecule has 0 fully saturated rings. The number of halogens is 1. The van der Waals surface area contributed by atoms with Crippen LogP contribution in [0.1, 0.15) is 12.7 Å². The summed E-state index contributed by atoms with van der Waals surface area (Å²) in [6.45, 7) is 3.02. The monoisotopic (exact) mass is 220 g/mol. The highest BCUT2D eigenvalue weighted by atomic mass is 79.9. The Labute approximate surface area is 74.2 Å². The summed E-state index contributed by atoms with van der Waals surface area (Å²) in [6, 6.07) is 0. The van der Waals surface area contributed by atoms with E-state index in [1.54, 1.807) is 6.20 Å². The molecule has 1 aromatic heterocycles. The van der Waals surface area contributed by atoms with Gasteiger partial charge in [0, 0.05) is 12.3 Å². The number of thiol groups is 1. The predicted molar refractivity (Wildman–Crippen MR) is 48.3 cm³/mol. The molecule has 0 aromatic carbocycles. The van der Waals surface area contributed by atoms with Crippen molar-refractivity contribution in [1.82, 2.24) is 9.55 Å². The molecule has 0 atom stereocenters. The van der Waals surface area contributed by atoms with Crippen molar-refractivity contribution in [3.63, 3.8) is 0 Å². The predicted octanol–water partition coefficient (Wildman–Crippen LogP) is 2.10. The van der Waals surface area contributed by atoms with Gasteiger partial charge in [-0.1, -0.05) is 0 Å². The Morgan fingerprint density at radius 2 is 2.50 bits per heavy atom. The summed E-state index contributed by atoms with van der Waals surface area (Å²) in [5.41, 5.74) is 0. The maximum absolute atomic E-state index is 4.14. The largest absolute Gasteiger partial charge is 0.322 e. The van der Waals surface area contributed by atoms with E-state index in [1.165, 1.54) is 0 Å². The van der Waals surface area contributed by atoms with E-state index in [-0.39, 0.29) is 0 Å². The average molecular weight is 221 g/mol. The van der Waals surface area contributed by atoms with Crippen molar-refractivity contribution >= 4 is 28.6 Å². The SMILES string of the molecule is CCn1c(Br)cnc1CS. The van der Waals surface area contributed by atoms with Gasteiger partial charge in [-0.2, -0.15) is 12.6 Å². The highest BCUT2D eigenvalue weighted by molar-refractivity contribution is 9.10. The van der Waals surface area contributed by atoms with E-state index < -0.39 is 0 Å². The zero-order valence-electron chi connectivity index (χ0n) is 5.71. The van der Waals surface area contributed by atoms with Crippen LogP contribution >= 0.6 is 28.6 Å². The minimum Gasteiger partial charge on any atom is -0.322 e. The molecule has 0 aliphatic rings. The maximum Gasteiger partial charge on any atom is 0.119 e. The molecule has 56 valence electrons. The van der Waals surface area contributed by atoms with E-state index in [9.17, 15) is 0 Å². The molecule has 0 N–H and O–H groups in total. The fraction of sp³-hybridized carbons (Fsp3) is 0.500. The van der Waals surface area contributed by atoms with Gasteiger partial charge in [-0.25, -0.2) is 4.98 Å². The third kappa shape index (κ3) is 1.37. The van der Waals surface area contributed by atoms with Gasteiger partial charge in [0.25, 0.3) is 0 Å². The van der Waals surface area contributed by atoms with Crippen LogP contribution in [0, 0.1) is 0 Å². The molecule has 10 heavy (non-hydrogen) atoms. The number of hydrogen-bond acceptors (Lipinski definition) is 2. The van der Waals surface area contributed by atoms with E-state index in [0.717, 1.165) is 17.0 Å². The third-order valence-corrected chi connectivity index (χ3v) is 2.26. The van der Waals surface area contributed by atoms with Crippen molar-refractivity contribution in [2.45, 2.75) is 19.2 Å². The van der Waals surface area contributed by atoms with Crippen molar-refractivity contribution in [3.8, 4) is 0 Å². The molecular formula is C6H9BrN2S. The highest BCUT2D eigenvalue weighted by Crippen LogP contribution is 2.13. The smallest absolute Gasteiger partial charge is 0.119 e. The lowest BCUT2D eigenvalue weighted by Gasteiger charge is -2.01. The molecule has 0 aliphatic carbocycles. The van der Waals surface area contributed by atoms with Gasteiger partial charge >= 0.3 is 0 Å². The molecule has 0 aliphatic heterocycles. The molecule has 1 heterocycles. The molecule has 1 aromatic rings. The first-order chi connectivity index (χ1) is 4.79. The minimum absolute atomic E-state index is 0.694. The lowest BCUT2D eigenvalue weighted by molar-refractivity contribution is 0.712. The second-order valence-corrected chi connectivity index (χ2v) is 3.03. The lowest BCUT2D eigenvalue weighted by atomic mass is 10.6. The zero-order valence-corrected chi connectivity index (χ0v) is 8.19. The number of hydrogen-bond donors (Lipinski definition) is 1. The first kappa shape index (κ1) is 8.14. The molecule has 0 saturated carbocycles. The van der Waals surface area contributed by atoms with E-state index in [0.29, 0.717) is 5.75 Å². The Balaban J connectivity index is 3.01. The molecule has 0 amide bonds. The highest BCUT2D eigenvalue weighted by Gasteiger charge is 2.02. The molecule has 0 unspecified atom stereocenters. The van der Waals surface area contributed by atoms with Crippen LogP contribution in [0.25, 0.3) is 0 Å². The summed E-state index contributed by atoms with van der Waals surface area (Å²) in [5, 5.41) is 0. The quantitative estimate of drug-likeness (QED) is 0.757. The normalized spacial score (nSPS) is 10.3. The molecular weight excluding hydrogens is 212 g/mol. The number of rotatable bonds is 2. The Kier molecular flexibility index (Phi) is 2.80. The van der Waals surface area contributed by atoms with Crippen molar-refractivity contribution in [1.29, 1.82) is 0 Å². The topological polar surface area (TPSA) is 17.8 Å². The van der Waals surface area contributed by atoms with Crippen LogP contribution in [-0.2, 0) is 12.3 Å². The summed E-state index contributed by atoms with van der Waals surface area (Å²) < 4.78 is 3.10. The molecule has 2 nitrogen and oxygen atoms in total. The van der Waals surface area contributed by atoms with Gasteiger partial charge in [0.15, 0.2) is 0 Å². The second-order valence-electron chi connectivity index (χ2n) is 1.90. The Morgan fingerprint density at radius 3 is 2.90 bits per heavy atom. The van der Waals surface area contributed by atoms with E-state index >= 15 is 0 Å². The van der Waals surface area contributed by atoms with Crippen molar-refractivity contribution in [2.75, 3.05) is 0 Å². The van der Waals surface area contributed by atoms with Gasteiger partial charge in [-0.15, -0.1) is 0 Å². The number of aromatic nitrogens is 2. The fourth-order valence-corrected chi connectivity index (χ4v) is 1.66. The van der Waals surface area contributed by atoms with Crippen molar-refractivity contribution in [3.05, 3.63) is 16.6 Å². The number of imidazole rings is 1. The van der Waals surface area contributed by atoms with E-state index in [4.69, 9.17) is 0 Å². The van der Waals surface area contributed by atoms with Crippen LogP contribution in [0.15, 0.2) is 10.8 Å². The number of nitrogens with zero attached hydrogens (tertiary/aromatic N) is 2. The fourth-order valence-electron chi connectivity index (χ4n) is 0.850. The molecule has 0 bridgehead atoms. The van der Waals surface area contributed by atoms with Crippen LogP contribution in [-0.4, -0.2) is 9.55 Å². The van der Waals surface area contributed by atoms with Gasteiger partial charge in [-0.3, -0.25) is 0 Å². The van der Waals surface area contributed by atoms with Gasteiger partial charge < -0.3 is 4.57 Å². The van der Waals surface area contributed by atoms with Crippen molar-refractivity contribution in [2.24, 2.45) is 0 Å².